The number of hydrogen-bond donors (Lipinski definition) is 0. The van der Waals surface area contributed by atoms with Crippen LogP contribution in [0.2, 0.25) is 0 Å². The first-order valence-corrected chi connectivity index (χ1v) is 6.08. The molecule has 13 heavy (non-hydrogen) atoms. The van der Waals surface area contributed by atoms with Gasteiger partial charge in [0.1, 0.15) is 0 Å². The molecule has 80 valence electrons. The topological polar surface area (TPSA) is 44.8 Å². The Kier molecular flexibility index (Phi) is 6.60. The van der Waals surface area contributed by atoms with Crippen LogP contribution in [0.25, 0.3) is 0 Å². The molecule has 0 fully saturated rings. The Hall–Kier alpha value is 0.110. The summed E-state index contributed by atoms with van der Waals surface area (Å²) in [6.07, 6.45) is 2.15. The molecule has 0 saturated carbocycles. The molecule has 0 bridgehead atoms. The van der Waals surface area contributed by atoms with Crippen molar-refractivity contribution in [1.29, 1.82) is 0 Å². The van der Waals surface area contributed by atoms with Gasteiger partial charge in [0.25, 0.3) is 0 Å². The fourth-order valence-electron chi connectivity index (χ4n) is 1.05. The quantitative estimate of drug-likeness (QED) is 0.605. The van der Waals surface area contributed by atoms with Gasteiger partial charge in [-0.05, 0) is 12.8 Å². The van der Waals surface area contributed by atoms with E-state index in [1.807, 2.05) is 6.92 Å². The molecule has 0 spiro atoms. The van der Waals surface area contributed by atoms with E-state index in [0.29, 0.717) is 12.6 Å². The van der Waals surface area contributed by atoms with Crippen molar-refractivity contribution in [2.45, 2.75) is 25.9 Å². The van der Waals surface area contributed by atoms with E-state index < -0.39 is 7.60 Å². The van der Waals surface area contributed by atoms with E-state index in [1.165, 1.54) is 14.2 Å². The standard InChI is InChI=1S/C8H19O4P/c1-5-8(10-2)6-7-13(9,11-3)12-4/h8H,5-7H2,1-4H3. The molecule has 0 aromatic heterocycles. The molecular weight excluding hydrogens is 191 g/mol. The summed E-state index contributed by atoms with van der Waals surface area (Å²) < 4.78 is 26.3. The third-order valence-electron chi connectivity index (χ3n) is 2.07. The summed E-state index contributed by atoms with van der Waals surface area (Å²) in [6.45, 7) is 2.03. The predicted octanol–water partition coefficient (Wildman–Crippen LogP) is 2.29. The van der Waals surface area contributed by atoms with Gasteiger partial charge >= 0.3 is 7.60 Å². The first-order valence-electron chi connectivity index (χ1n) is 4.35. The molecule has 0 aliphatic carbocycles. The smallest absolute Gasteiger partial charge is 0.330 e. The van der Waals surface area contributed by atoms with Gasteiger partial charge < -0.3 is 13.8 Å². The van der Waals surface area contributed by atoms with Crippen LogP contribution >= 0.6 is 7.60 Å². The van der Waals surface area contributed by atoms with Crippen LogP contribution in [0.3, 0.4) is 0 Å². The van der Waals surface area contributed by atoms with E-state index in [2.05, 4.69) is 0 Å². The van der Waals surface area contributed by atoms with E-state index in [1.54, 1.807) is 7.11 Å². The normalized spacial score (nSPS) is 14.5. The lowest BCUT2D eigenvalue weighted by Crippen LogP contribution is -2.11. The lowest BCUT2D eigenvalue weighted by atomic mass is 10.2. The molecule has 0 aliphatic heterocycles. The van der Waals surface area contributed by atoms with E-state index >= 15 is 0 Å². The Balaban J connectivity index is 3.91. The molecular formula is C8H19O4P. The van der Waals surface area contributed by atoms with Crippen molar-refractivity contribution >= 4 is 7.60 Å². The van der Waals surface area contributed by atoms with Gasteiger partial charge in [-0.2, -0.15) is 0 Å². The Morgan fingerprint density at radius 2 is 1.77 bits per heavy atom. The van der Waals surface area contributed by atoms with Gasteiger partial charge in [0.05, 0.1) is 12.3 Å². The first kappa shape index (κ1) is 13.1. The maximum atomic E-state index is 11.6. The van der Waals surface area contributed by atoms with Crippen molar-refractivity contribution in [2.75, 3.05) is 27.5 Å². The summed E-state index contributed by atoms with van der Waals surface area (Å²) in [5, 5.41) is 0. The van der Waals surface area contributed by atoms with Gasteiger partial charge in [-0.15, -0.1) is 0 Å². The highest BCUT2D eigenvalue weighted by molar-refractivity contribution is 7.53. The van der Waals surface area contributed by atoms with E-state index in [9.17, 15) is 4.57 Å². The highest BCUT2D eigenvalue weighted by Crippen LogP contribution is 2.47. The van der Waals surface area contributed by atoms with Crippen LogP contribution in [0.5, 0.6) is 0 Å². The molecule has 0 heterocycles. The summed E-state index contributed by atoms with van der Waals surface area (Å²) >= 11 is 0. The third kappa shape index (κ3) is 4.77. The van der Waals surface area contributed by atoms with Gasteiger partial charge in [-0.3, -0.25) is 4.57 Å². The maximum absolute atomic E-state index is 11.6. The largest absolute Gasteiger partial charge is 0.381 e. The monoisotopic (exact) mass is 210 g/mol. The predicted molar refractivity (Wildman–Crippen MR) is 52.2 cm³/mol. The van der Waals surface area contributed by atoms with Gasteiger partial charge in [-0.25, -0.2) is 0 Å². The zero-order valence-corrected chi connectivity index (χ0v) is 9.67. The zero-order chi connectivity index (χ0) is 10.3. The van der Waals surface area contributed by atoms with Gasteiger partial charge in [0.2, 0.25) is 0 Å². The van der Waals surface area contributed by atoms with E-state index in [0.717, 1.165) is 6.42 Å². The molecule has 4 nitrogen and oxygen atoms in total. The number of ether oxygens (including phenoxy) is 1. The van der Waals surface area contributed by atoms with Crippen molar-refractivity contribution in [2.24, 2.45) is 0 Å². The van der Waals surface area contributed by atoms with Crippen LogP contribution in [0, 0.1) is 0 Å². The number of rotatable bonds is 7. The van der Waals surface area contributed by atoms with Crippen molar-refractivity contribution in [3.05, 3.63) is 0 Å². The first-order chi connectivity index (χ1) is 6.11. The molecule has 0 aromatic carbocycles. The Morgan fingerprint density at radius 3 is 2.08 bits per heavy atom. The fourth-order valence-corrected chi connectivity index (χ4v) is 2.17. The Labute approximate surface area is 80.1 Å². The van der Waals surface area contributed by atoms with Crippen LogP contribution in [0.1, 0.15) is 19.8 Å². The molecule has 0 aromatic rings. The van der Waals surface area contributed by atoms with Crippen molar-refractivity contribution in [3.63, 3.8) is 0 Å². The summed E-state index contributed by atoms with van der Waals surface area (Å²) in [6, 6.07) is 0. The summed E-state index contributed by atoms with van der Waals surface area (Å²) in [7, 11) is 1.61. The van der Waals surface area contributed by atoms with Gasteiger partial charge in [0.15, 0.2) is 0 Å². The molecule has 5 heteroatoms. The zero-order valence-electron chi connectivity index (χ0n) is 8.78. The molecule has 0 radical (unpaired) electrons. The van der Waals surface area contributed by atoms with Gasteiger partial charge in [-0.1, -0.05) is 6.92 Å². The minimum Gasteiger partial charge on any atom is -0.381 e. The highest BCUT2D eigenvalue weighted by atomic mass is 31.2. The van der Waals surface area contributed by atoms with Crippen molar-refractivity contribution in [3.8, 4) is 0 Å². The van der Waals surface area contributed by atoms with E-state index in [4.69, 9.17) is 13.8 Å². The average Bonchev–Trinajstić information content (AvgIpc) is 2.19. The molecule has 0 amide bonds. The fraction of sp³-hybridized carbons (Fsp3) is 1.00. The van der Waals surface area contributed by atoms with Gasteiger partial charge in [0, 0.05) is 21.3 Å². The Morgan fingerprint density at radius 1 is 1.23 bits per heavy atom. The maximum Gasteiger partial charge on any atom is 0.330 e. The van der Waals surface area contributed by atoms with Crippen LogP contribution in [0.4, 0.5) is 0 Å². The lowest BCUT2D eigenvalue weighted by molar-refractivity contribution is 0.0952. The minimum absolute atomic E-state index is 0.138. The molecule has 0 aliphatic rings. The summed E-state index contributed by atoms with van der Waals surface area (Å²) in [4.78, 5) is 0. The summed E-state index contributed by atoms with van der Waals surface area (Å²) in [5.41, 5.74) is 0. The average molecular weight is 210 g/mol. The SMILES string of the molecule is CCC(CCP(=O)(OC)OC)OC. The summed E-state index contributed by atoms with van der Waals surface area (Å²) in [5.74, 6) is 0. The van der Waals surface area contributed by atoms with Crippen LogP contribution in [-0.2, 0) is 18.3 Å². The van der Waals surface area contributed by atoms with Crippen LogP contribution in [0.15, 0.2) is 0 Å². The molecule has 1 atom stereocenters. The van der Waals surface area contributed by atoms with Crippen molar-refractivity contribution in [1.82, 2.24) is 0 Å². The molecule has 0 N–H and O–H groups in total. The number of hydrogen-bond acceptors (Lipinski definition) is 4. The molecule has 0 rings (SSSR count). The Bertz CT molecular complexity index is 160. The second-order valence-electron chi connectivity index (χ2n) is 2.75. The second-order valence-corrected chi connectivity index (χ2v) is 5.15. The lowest BCUT2D eigenvalue weighted by Gasteiger charge is -2.17. The van der Waals surface area contributed by atoms with Crippen molar-refractivity contribution < 1.29 is 18.3 Å². The highest BCUT2D eigenvalue weighted by Gasteiger charge is 2.22. The second kappa shape index (κ2) is 6.55. The van der Waals surface area contributed by atoms with E-state index in [-0.39, 0.29) is 6.10 Å². The number of methoxy groups -OCH3 is 1. The van der Waals surface area contributed by atoms with Crippen LogP contribution < -0.4 is 0 Å². The van der Waals surface area contributed by atoms with Crippen LogP contribution in [-0.4, -0.2) is 33.6 Å². The molecule has 0 saturated heterocycles. The minimum atomic E-state index is -2.84. The third-order valence-corrected chi connectivity index (χ3v) is 3.99. The molecule has 1 unspecified atom stereocenters.